The van der Waals surface area contributed by atoms with Crippen LogP contribution < -0.4 is 4.74 Å². The second-order valence-electron chi connectivity index (χ2n) is 8.38. The molecule has 0 radical (unpaired) electrons. The predicted octanol–water partition coefficient (Wildman–Crippen LogP) is 3.70. The highest BCUT2D eigenvalue weighted by molar-refractivity contribution is 5.73. The fourth-order valence-corrected chi connectivity index (χ4v) is 3.82. The van der Waals surface area contributed by atoms with Gasteiger partial charge in [0.2, 0.25) is 5.88 Å². The quantitative estimate of drug-likeness (QED) is 0.506. The van der Waals surface area contributed by atoms with E-state index in [0.29, 0.717) is 18.4 Å². The second kappa shape index (κ2) is 12.9. The Morgan fingerprint density at radius 1 is 1.13 bits per heavy atom. The van der Waals surface area contributed by atoms with E-state index >= 15 is 0 Å². The van der Waals surface area contributed by atoms with Gasteiger partial charge < -0.3 is 24.2 Å². The lowest BCUT2D eigenvalue weighted by Crippen LogP contribution is -2.64. The molecule has 4 rings (SSSR count). The van der Waals surface area contributed by atoms with E-state index in [1.165, 1.54) is 0 Å². The van der Waals surface area contributed by atoms with Crippen molar-refractivity contribution in [3.63, 3.8) is 0 Å². The van der Waals surface area contributed by atoms with E-state index in [2.05, 4.69) is 15.0 Å². The molecule has 2 aromatic rings. The molecule has 0 bridgehead atoms. The normalized spacial score (nSPS) is 18.4. The number of aromatic nitrogens is 2. The number of ether oxygens (including phenoxy) is 2. The van der Waals surface area contributed by atoms with Gasteiger partial charge in [0, 0.05) is 44.6 Å². The highest BCUT2D eigenvalue weighted by Gasteiger charge is 2.52. The van der Waals surface area contributed by atoms with Gasteiger partial charge >= 0.3 is 24.3 Å². The Labute approximate surface area is 212 Å². The molecule has 2 aromatic heterocycles. The number of halogens is 6. The SMILES string of the molecule is Cc1cc(CN2CC3(C2)OCCC3CCOc2ccccn2)no1.O=C(O)C(F)(F)F.O=C(O)C(F)(F)F. The molecule has 2 aliphatic heterocycles. The first kappa shape index (κ1) is 30.8. The first-order valence-electron chi connectivity index (χ1n) is 11.0. The van der Waals surface area contributed by atoms with Gasteiger partial charge in [0.15, 0.2) is 0 Å². The molecule has 1 unspecified atom stereocenters. The molecule has 0 amide bonds. The van der Waals surface area contributed by atoms with Crippen molar-refractivity contribution in [1.82, 2.24) is 15.0 Å². The van der Waals surface area contributed by atoms with E-state index in [0.717, 1.165) is 50.5 Å². The Balaban J connectivity index is 0.000000301. The van der Waals surface area contributed by atoms with Gasteiger partial charge in [-0.2, -0.15) is 26.3 Å². The lowest BCUT2D eigenvalue weighted by Gasteiger charge is -2.50. The van der Waals surface area contributed by atoms with Crippen LogP contribution in [0.15, 0.2) is 35.0 Å². The van der Waals surface area contributed by atoms with E-state index in [4.69, 9.17) is 33.8 Å². The Morgan fingerprint density at radius 3 is 2.21 bits per heavy atom. The fourth-order valence-electron chi connectivity index (χ4n) is 3.82. The second-order valence-corrected chi connectivity index (χ2v) is 8.38. The van der Waals surface area contributed by atoms with Gasteiger partial charge in [-0.3, -0.25) is 4.90 Å². The van der Waals surface area contributed by atoms with E-state index in [1.807, 2.05) is 31.2 Å². The standard InChI is InChI=1S/C18H23N3O3.2C2HF3O2/c1-14-10-16(20-24-14)11-21-12-18(13-21)15(6-9-23-18)5-8-22-17-4-2-3-7-19-17;2*3-2(4,5)1(6)7/h2-4,7,10,15H,5-6,8-9,11-13H2,1H3;2*(H,6,7). The van der Waals surface area contributed by atoms with Crippen LogP contribution >= 0.6 is 0 Å². The summed E-state index contributed by atoms with van der Waals surface area (Å²) >= 11 is 0. The summed E-state index contributed by atoms with van der Waals surface area (Å²) in [5.41, 5.74) is 1.00. The van der Waals surface area contributed by atoms with Crippen LogP contribution in [0, 0.1) is 12.8 Å². The van der Waals surface area contributed by atoms with Crippen molar-refractivity contribution in [2.24, 2.45) is 5.92 Å². The number of carboxylic acid groups (broad SMARTS) is 2. The molecule has 2 aliphatic rings. The molecule has 0 saturated carbocycles. The number of likely N-dealkylation sites (tertiary alicyclic amines) is 1. The van der Waals surface area contributed by atoms with E-state index in [-0.39, 0.29) is 5.60 Å². The molecule has 212 valence electrons. The molecule has 2 N–H and O–H groups in total. The van der Waals surface area contributed by atoms with Crippen LogP contribution in [0.5, 0.6) is 5.88 Å². The molecule has 4 heterocycles. The van der Waals surface area contributed by atoms with Gasteiger partial charge in [-0.15, -0.1) is 0 Å². The van der Waals surface area contributed by atoms with Crippen LogP contribution in [0.1, 0.15) is 24.3 Å². The number of rotatable bonds is 6. The Hall–Kier alpha value is -3.40. The minimum absolute atomic E-state index is 0.00621. The topological polar surface area (TPSA) is 135 Å². The number of aryl methyl sites for hydroxylation is 1. The van der Waals surface area contributed by atoms with Crippen molar-refractivity contribution in [3.8, 4) is 5.88 Å². The maximum Gasteiger partial charge on any atom is 0.490 e. The van der Waals surface area contributed by atoms with Crippen LogP contribution in [0.2, 0.25) is 0 Å². The van der Waals surface area contributed by atoms with Crippen molar-refractivity contribution in [2.45, 2.75) is 44.3 Å². The average Bonchev–Trinajstić information content (AvgIpc) is 3.40. The summed E-state index contributed by atoms with van der Waals surface area (Å²) in [6.07, 6.45) is -6.29. The molecule has 16 heteroatoms. The maximum absolute atomic E-state index is 10.6. The van der Waals surface area contributed by atoms with Crippen LogP contribution in [-0.4, -0.2) is 81.4 Å². The monoisotopic (exact) mass is 557 g/mol. The number of pyridine rings is 1. The number of aliphatic carboxylic acids is 2. The van der Waals surface area contributed by atoms with Gasteiger partial charge in [0.25, 0.3) is 0 Å². The number of nitrogens with zero attached hydrogens (tertiary/aromatic N) is 3. The average molecular weight is 557 g/mol. The molecule has 0 aliphatic carbocycles. The third kappa shape index (κ3) is 9.48. The van der Waals surface area contributed by atoms with Gasteiger partial charge in [0.05, 0.1) is 17.9 Å². The van der Waals surface area contributed by atoms with E-state index in [9.17, 15) is 26.3 Å². The number of carboxylic acids is 2. The highest BCUT2D eigenvalue weighted by atomic mass is 19.4. The zero-order valence-electron chi connectivity index (χ0n) is 20.0. The lowest BCUT2D eigenvalue weighted by molar-refractivity contribution is -0.193. The lowest BCUT2D eigenvalue weighted by atomic mass is 9.79. The Bertz CT molecular complexity index is 1020. The first-order chi connectivity index (χ1) is 17.6. The van der Waals surface area contributed by atoms with Crippen molar-refractivity contribution < 1.29 is 60.1 Å². The van der Waals surface area contributed by atoms with Crippen LogP contribution in [-0.2, 0) is 20.9 Å². The van der Waals surface area contributed by atoms with Gasteiger partial charge in [-0.05, 0) is 31.7 Å². The summed E-state index contributed by atoms with van der Waals surface area (Å²) in [6.45, 7) is 6.23. The molecule has 2 saturated heterocycles. The summed E-state index contributed by atoms with van der Waals surface area (Å²) in [7, 11) is 0. The fraction of sp³-hybridized carbons (Fsp3) is 0.545. The Kier molecular flexibility index (Phi) is 10.5. The van der Waals surface area contributed by atoms with E-state index in [1.54, 1.807) is 6.20 Å². The molecule has 10 nitrogen and oxygen atoms in total. The maximum atomic E-state index is 10.6. The number of alkyl halides is 6. The molecule has 1 spiro atoms. The van der Waals surface area contributed by atoms with Crippen molar-refractivity contribution >= 4 is 11.9 Å². The third-order valence-electron chi connectivity index (χ3n) is 5.48. The van der Waals surface area contributed by atoms with Crippen molar-refractivity contribution in [1.29, 1.82) is 0 Å². The summed E-state index contributed by atoms with van der Waals surface area (Å²) in [4.78, 5) is 24.4. The summed E-state index contributed by atoms with van der Waals surface area (Å²) < 4.78 is 80.5. The largest absolute Gasteiger partial charge is 0.490 e. The van der Waals surface area contributed by atoms with Crippen molar-refractivity contribution in [2.75, 3.05) is 26.3 Å². The van der Waals surface area contributed by atoms with Crippen molar-refractivity contribution in [3.05, 3.63) is 41.9 Å². The van der Waals surface area contributed by atoms with Crippen LogP contribution in [0.4, 0.5) is 26.3 Å². The Morgan fingerprint density at radius 2 is 1.74 bits per heavy atom. The molecule has 38 heavy (non-hydrogen) atoms. The van der Waals surface area contributed by atoms with Crippen LogP contribution in [0.25, 0.3) is 0 Å². The zero-order chi connectivity index (χ0) is 28.6. The van der Waals surface area contributed by atoms with Gasteiger partial charge in [-0.25, -0.2) is 14.6 Å². The number of hydrogen-bond acceptors (Lipinski definition) is 8. The van der Waals surface area contributed by atoms with Crippen LogP contribution in [0.3, 0.4) is 0 Å². The summed E-state index contributed by atoms with van der Waals surface area (Å²) in [6, 6.07) is 7.73. The molecule has 2 fully saturated rings. The molecular weight excluding hydrogens is 532 g/mol. The van der Waals surface area contributed by atoms with Gasteiger partial charge in [0.1, 0.15) is 5.76 Å². The highest BCUT2D eigenvalue weighted by Crippen LogP contribution is 2.42. The first-order valence-corrected chi connectivity index (χ1v) is 11.0. The molecule has 0 aromatic carbocycles. The minimum Gasteiger partial charge on any atom is -0.478 e. The van der Waals surface area contributed by atoms with Gasteiger partial charge in [-0.1, -0.05) is 11.2 Å². The number of hydrogen-bond donors (Lipinski definition) is 2. The zero-order valence-corrected chi connectivity index (χ0v) is 20.0. The predicted molar refractivity (Wildman–Crippen MR) is 115 cm³/mol. The molecular formula is C22H25F6N3O7. The minimum atomic E-state index is -5.08. The summed E-state index contributed by atoms with van der Waals surface area (Å²) in [5, 5.41) is 18.3. The molecule has 1 atom stereocenters. The summed E-state index contributed by atoms with van der Waals surface area (Å²) in [5.74, 6) is -3.40. The number of carbonyl (C=O) groups is 2. The van der Waals surface area contributed by atoms with E-state index < -0.39 is 24.3 Å². The smallest absolute Gasteiger partial charge is 0.478 e. The third-order valence-corrected chi connectivity index (χ3v) is 5.48.